The molecule has 3 N–H and O–H groups in total. The van der Waals surface area contributed by atoms with Gasteiger partial charge in [0.15, 0.2) is 0 Å². The van der Waals surface area contributed by atoms with Crippen LogP contribution in [0.5, 0.6) is 0 Å². The minimum absolute atomic E-state index is 0.0552. The second-order valence-electron chi connectivity index (χ2n) is 4.35. The Kier molecular flexibility index (Phi) is 6.48. The second kappa shape index (κ2) is 7.88. The van der Waals surface area contributed by atoms with Crippen LogP contribution in [-0.4, -0.2) is 30.5 Å². The number of nitrogens with two attached hydrogens (primary N) is 1. The van der Waals surface area contributed by atoms with Crippen molar-refractivity contribution >= 4 is 17.7 Å². The molecule has 1 aromatic carbocycles. The van der Waals surface area contributed by atoms with Gasteiger partial charge in [0.2, 0.25) is 0 Å². The lowest BCUT2D eigenvalue weighted by Gasteiger charge is -2.10. The number of amides is 1. The van der Waals surface area contributed by atoms with E-state index in [0.29, 0.717) is 23.9 Å². The largest absolute Gasteiger partial charge is 0.351 e. The van der Waals surface area contributed by atoms with Crippen molar-refractivity contribution in [3.8, 4) is 11.8 Å². The van der Waals surface area contributed by atoms with Gasteiger partial charge >= 0.3 is 0 Å². The van der Waals surface area contributed by atoms with Crippen LogP contribution in [0.25, 0.3) is 0 Å². The molecule has 102 valence electrons. The fourth-order valence-corrected chi connectivity index (χ4v) is 1.81. The van der Waals surface area contributed by atoms with Gasteiger partial charge < -0.3 is 11.1 Å². The molecule has 0 saturated carbocycles. The summed E-state index contributed by atoms with van der Waals surface area (Å²) in [5, 5.41) is 3.34. The Balaban J connectivity index is 2.82. The fourth-order valence-electron chi connectivity index (χ4n) is 1.56. The van der Waals surface area contributed by atoms with Gasteiger partial charge in [0.25, 0.3) is 5.91 Å². The molecular weight excluding hydrogens is 256 g/mol. The molecular formula is C15H20N2OS. The van der Waals surface area contributed by atoms with E-state index in [4.69, 9.17) is 5.73 Å². The van der Waals surface area contributed by atoms with Crippen LogP contribution >= 0.6 is 11.8 Å². The van der Waals surface area contributed by atoms with Gasteiger partial charge in [-0.05, 0) is 36.9 Å². The zero-order valence-electron chi connectivity index (χ0n) is 11.6. The third-order valence-corrected chi connectivity index (χ3v) is 3.60. The van der Waals surface area contributed by atoms with E-state index in [9.17, 15) is 4.79 Å². The molecule has 0 aliphatic heterocycles. The summed E-state index contributed by atoms with van der Waals surface area (Å²) >= 11 is 1.73. The Bertz CT molecular complexity index is 503. The third kappa shape index (κ3) is 5.37. The molecule has 0 aliphatic carbocycles. The molecule has 0 aromatic heterocycles. The number of hydrogen-bond donors (Lipinski definition) is 2. The van der Waals surface area contributed by atoms with Crippen molar-refractivity contribution in [2.75, 3.05) is 19.3 Å². The highest BCUT2D eigenvalue weighted by atomic mass is 32.2. The SMILES string of the molecule is CSC(C)CNC(=O)c1cc(C)cc(C#CCN)c1. The molecule has 0 saturated heterocycles. The molecule has 0 fully saturated rings. The average molecular weight is 276 g/mol. The zero-order valence-corrected chi connectivity index (χ0v) is 12.4. The van der Waals surface area contributed by atoms with Crippen LogP contribution in [0, 0.1) is 18.8 Å². The van der Waals surface area contributed by atoms with E-state index < -0.39 is 0 Å². The lowest BCUT2D eigenvalue weighted by molar-refractivity contribution is 0.0954. The van der Waals surface area contributed by atoms with Crippen LogP contribution < -0.4 is 11.1 Å². The van der Waals surface area contributed by atoms with Crippen LogP contribution in [0.3, 0.4) is 0 Å². The topological polar surface area (TPSA) is 55.1 Å². The number of hydrogen-bond acceptors (Lipinski definition) is 3. The maximum atomic E-state index is 12.1. The van der Waals surface area contributed by atoms with E-state index >= 15 is 0 Å². The van der Waals surface area contributed by atoms with Crippen molar-refractivity contribution in [3.05, 3.63) is 34.9 Å². The van der Waals surface area contributed by atoms with Gasteiger partial charge in [-0.25, -0.2) is 0 Å². The highest BCUT2D eigenvalue weighted by Gasteiger charge is 2.08. The summed E-state index contributed by atoms with van der Waals surface area (Å²) in [6.45, 7) is 5.02. The van der Waals surface area contributed by atoms with Crippen LogP contribution in [0.4, 0.5) is 0 Å². The minimum Gasteiger partial charge on any atom is -0.351 e. The Morgan fingerprint density at radius 2 is 2.21 bits per heavy atom. The molecule has 0 heterocycles. The molecule has 1 aromatic rings. The molecule has 0 bridgehead atoms. The quantitative estimate of drug-likeness (QED) is 0.824. The summed E-state index contributed by atoms with van der Waals surface area (Å²) in [5.41, 5.74) is 7.85. The summed E-state index contributed by atoms with van der Waals surface area (Å²) in [7, 11) is 0. The maximum Gasteiger partial charge on any atom is 0.251 e. The van der Waals surface area contributed by atoms with Crippen molar-refractivity contribution in [2.45, 2.75) is 19.1 Å². The van der Waals surface area contributed by atoms with Crippen molar-refractivity contribution in [1.29, 1.82) is 0 Å². The molecule has 1 rings (SSSR count). The Morgan fingerprint density at radius 3 is 2.84 bits per heavy atom. The molecule has 0 radical (unpaired) electrons. The molecule has 4 heteroatoms. The number of carbonyl (C=O) groups excluding carboxylic acids is 1. The van der Waals surface area contributed by atoms with E-state index in [0.717, 1.165) is 11.1 Å². The average Bonchev–Trinajstić information content (AvgIpc) is 2.41. The van der Waals surface area contributed by atoms with E-state index in [1.54, 1.807) is 17.8 Å². The van der Waals surface area contributed by atoms with Crippen LogP contribution in [-0.2, 0) is 0 Å². The number of rotatable bonds is 4. The number of benzene rings is 1. The van der Waals surface area contributed by atoms with Gasteiger partial charge in [-0.2, -0.15) is 11.8 Å². The Morgan fingerprint density at radius 1 is 1.47 bits per heavy atom. The molecule has 1 atom stereocenters. The molecule has 0 spiro atoms. The highest BCUT2D eigenvalue weighted by molar-refractivity contribution is 7.99. The summed E-state index contributed by atoms with van der Waals surface area (Å²) < 4.78 is 0. The predicted octanol–water partition coefficient (Wildman–Crippen LogP) is 1.79. The monoisotopic (exact) mass is 276 g/mol. The van der Waals surface area contributed by atoms with Gasteiger partial charge in [0, 0.05) is 22.9 Å². The summed E-state index contributed by atoms with van der Waals surface area (Å²) in [6.07, 6.45) is 2.03. The van der Waals surface area contributed by atoms with Crippen molar-refractivity contribution in [1.82, 2.24) is 5.32 Å². The normalized spacial score (nSPS) is 11.4. The van der Waals surface area contributed by atoms with Crippen LogP contribution in [0.15, 0.2) is 18.2 Å². The smallest absolute Gasteiger partial charge is 0.251 e. The second-order valence-corrected chi connectivity index (χ2v) is 5.63. The molecule has 19 heavy (non-hydrogen) atoms. The molecule has 1 unspecified atom stereocenters. The first-order valence-corrected chi connectivity index (χ1v) is 7.47. The number of nitrogens with one attached hydrogen (secondary N) is 1. The van der Waals surface area contributed by atoms with Crippen molar-refractivity contribution < 1.29 is 4.79 Å². The van der Waals surface area contributed by atoms with Crippen molar-refractivity contribution in [3.63, 3.8) is 0 Å². The van der Waals surface area contributed by atoms with Gasteiger partial charge in [-0.3, -0.25) is 4.79 Å². The minimum atomic E-state index is -0.0552. The first-order valence-electron chi connectivity index (χ1n) is 6.18. The van der Waals surface area contributed by atoms with E-state index in [2.05, 4.69) is 24.1 Å². The predicted molar refractivity (Wildman–Crippen MR) is 82.4 cm³/mol. The van der Waals surface area contributed by atoms with Crippen molar-refractivity contribution in [2.24, 2.45) is 5.73 Å². The first-order chi connectivity index (χ1) is 9.06. The Labute approximate surface area is 119 Å². The van der Waals surface area contributed by atoms with Gasteiger partial charge in [-0.15, -0.1) is 0 Å². The molecule has 3 nitrogen and oxygen atoms in total. The van der Waals surface area contributed by atoms with Gasteiger partial charge in [-0.1, -0.05) is 18.8 Å². The highest BCUT2D eigenvalue weighted by Crippen LogP contribution is 2.10. The first kappa shape index (κ1) is 15.6. The fraction of sp³-hybridized carbons (Fsp3) is 0.400. The summed E-state index contributed by atoms with van der Waals surface area (Å²) in [5.74, 6) is 5.70. The number of carbonyl (C=O) groups is 1. The third-order valence-electron chi connectivity index (χ3n) is 2.63. The summed E-state index contributed by atoms with van der Waals surface area (Å²) in [6, 6.07) is 5.62. The summed E-state index contributed by atoms with van der Waals surface area (Å²) in [4.78, 5) is 12.1. The molecule has 1 amide bonds. The number of aryl methyl sites for hydroxylation is 1. The van der Waals surface area contributed by atoms with Crippen LogP contribution in [0.2, 0.25) is 0 Å². The lowest BCUT2D eigenvalue weighted by atomic mass is 10.1. The zero-order chi connectivity index (χ0) is 14.3. The van der Waals surface area contributed by atoms with Crippen LogP contribution in [0.1, 0.15) is 28.4 Å². The Hall–Kier alpha value is -1.44. The lowest BCUT2D eigenvalue weighted by Crippen LogP contribution is -2.29. The standard InChI is InChI=1S/C15H20N2OS/c1-11-7-13(5-4-6-16)9-14(8-11)15(18)17-10-12(2)19-3/h7-9,12H,6,10,16H2,1-3H3,(H,17,18). The van der Waals surface area contributed by atoms with E-state index in [1.807, 2.05) is 25.3 Å². The van der Waals surface area contributed by atoms with E-state index in [1.165, 1.54) is 0 Å². The molecule has 0 aliphatic rings. The van der Waals surface area contributed by atoms with Gasteiger partial charge in [0.1, 0.15) is 0 Å². The number of thioether (sulfide) groups is 1. The van der Waals surface area contributed by atoms with E-state index in [-0.39, 0.29) is 5.91 Å². The van der Waals surface area contributed by atoms with Gasteiger partial charge in [0.05, 0.1) is 6.54 Å². The maximum absolute atomic E-state index is 12.1.